The van der Waals surface area contributed by atoms with E-state index in [0.29, 0.717) is 11.0 Å². The molecule has 0 amide bonds. The second-order valence-electron chi connectivity index (χ2n) is 6.21. The number of hydrogen-bond acceptors (Lipinski definition) is 2. The Bertz CT molecular complexity index is 393. The van der Waals surface area contributed by atoms with Gasteiger partial charge in [-0.3, -0.25) is 0 Å². The Labute approximate surface area is 102 Å². The van der Waals surface area contributed by atoms with Gasteiger partial charge in [-0.25, -0.2) is 0 Å². The van der Waals surface area contributed by atoms with Gasteiger partial charge in [-0.15, -0.1) is 11.3 Å². The number of hydrogen-bond donors (Lipinski definition) is 1. The summed E-state index contributed by atoms with van der Waals surface area (Å²) in [5.74, 6) is 0. The molecule has 1 atom stereocenters. The quantitative estimate of drug-likeness (QED) is 0.723. The van der Waals surface area contributed by atoms with Gasteiger partial charge in [0, 0.05) is 17.0 Å². The second kappa shape index (κ2) is 3.58. The van der Waals surface area contributed by atoms with Crippen molar-refractivity contribution in [2.24, 2.45) is 5.41 Å². The van der Waals surface area contributed by atoms with Gasteiger partial charge >= 0.3 is 0 Å². The van der Waals surface area contributed by atoms with E-state index in [1.165, 1.54) is 38.6 Å². The number of thiophene rings is 1. The molecule has 0 aromatic carbocycles. The fourth-order valence-electron chi connectivity index (χ4n) is 3.71. The summed E-state index contributed by atoms with van der Waals surface area (Å²) in [4.78, 5) is 1.64. The van der Waals surface area contributed by atoms with Crippen LogP contribution in [-0.4, -0.2) is 6.54 Å². The van der Waals surface area contributed by atoms with Crippen LogP contribution in [0.4, 0.5) is 0 Å². The van der Waals surface area contributed by atoms with Gasteiger partial charge in [0.15, 0.2) is 0 Å². The van der Waals surface area contributed by atoms with Crippen molar-refractivity contribution in [1.82, 2.24) is 5.32 Å². The lowest BCUT2D eigenvalue weighted by molar-refractivity contribution is 0.113. The molecule has 1 aromatic rings. The summed E-state index contributed by atoms with van der Waals surface area (Å²) in [7, 11) is 0. The van der Waals surface area contributed by atoms with Crippen LogP contribution in [0.15, 0.2) is 11.4 Å². The maximum Gasteiger partial charge on any atom is 0.0450 e. The van der Waals surface area contributed by atoms with Gasteiger partial charge in [-0.05, 0) is 48.1 Å². The Hall–Kier alpha value is -0.340. The minimum Gasteiger partial charge on any atom is -0.307 e. The summed E-state index contributed by atoms with van der Waals surface area (Å²) in [5.41, 5.74) is 2.44. The van der Waals surface area contributed by atoms with E-state index in [2.05, 4.69) is 30.6 Å². The summed E-state index contributed by atoms with van der Waals surface area (Å²) >= 11 is 1.95. The second-order valence-corrected chi connectivity index (χ2v) is 7.21. The Kier molecular flexibility index (Phi) is 2.41. The summed E-state index contributed by atoms with van der Waals surface area (Å²) in [5, 5.41) is 6.12. The minimum atomic E-state index is 0.315. The van der Waals surface area contributed by atoms with Crippen molar-refractivity contribution in [3.05, 3.63) is 21.9 Å². The molecule has 1 unspecified atom stereocenters. The Morgan fingerprint density at radius 3 is 3.00 bits per heavy atom. The van der Waals surface area contributed by atoms with Crippen molar-refractivity contribution in [2.45, 2.75) is 51.5 Å². The predicted molar refractivity (Wildman–Crippen MR) is 70.0 cm³/mol. The molecule has 1 nitrogen and oxygen atoms in total. The Balaban J connectivity index is 2.00. The molecule has 0 bridgehead atoms. The Morgan fingerprint density at radius 2 is 2.19 bits per heavy atom. The van der Waals surface area contributed by atoms with Gasteiger partial charge in [0.25, 0.3) is 0 Å². The first-order valence-electron chi connectivity index (χ1n) is 6.43. The molecule has 1 saturated carbocycles. The van der Waals surface area contributed by atoms with Crippen molar-refractivity contribution in [3.8, 4) is 0 Å². The van der Waals surface area contributed by atoms with E-state index in [1.54, 1.807) is 10.4 Å². The van der Waals surface area contributed by atoms with Gasteiger partial charge in [0.05, 0.1) is 0 Å². The van der Waals surface area contributed by atoms with Crippen molar-refractivity contribution in [2.75, 3.05) is 6.54 Å². The normalized spacial score (nSPS) is 32.6. The van der Waals surface area contributed by atoms with E-state index in [0.717, 1.165) is 0 Å². The molecule has 1 N–H and O–H groups in total. The molecule has 1 spiro atoms. The molecule has 2 heteroatoms. The van der Waals surface area contributed by atoms with Crippen LogP contribution in [0.2, 0.25) is 0 Å². The van der Waals surface area contributed by atoms with E-state index in [-0.39, 0.29) is 0 Å². The van der Waals surface area contributed by atoms with Crippen LogP contribution in [0.1, 0.15) is 50.0 Å². The third-order valence-electron chi connectivity index (χ3n) is 4.31. The standard InChI is InChI=1S/C14H21NS/c1-13(2)6-3-7-14(10-13)11-5-9-16-12(11)4-8-15-14/h5,9,15H,3-4,6-8,10H2,1-2H3. The minimum absolute atomic E-state index is 0.315. The highest BCUT2D eigenvalue weighted by Crippen LogP contribution is 2.49. The molecule has 2 aliphatic rings. The molecule has 1 fully saturated rings. The highest BCUT2D eigenvalue weighted by Gasteiger charge is 2.43. The van der Waals surface area contributed by atoms with Crippen molar-refractivity contribution in [1.29, 1.82) is 0 Å². The molecule has 0 radical (unpaired) electrons. The molecule has 0 saturated heterocycles. The lowest BCUT2D eigenvalue weighted by Crippen LogP contribution is -2.51. The largest absolute Gasteiger partial charge is 0.307 e. The highest BCUT2D eigenvalue weighted by atomic mass is 32.1. The van der Waals surface area contributed by atoms with E-state index in [4.69, 9.17) is 0 Å². The molecule has 1 aliphatic carbocycles. The van der Waals surface area contributed by atoms with Gasteiger partial charge in [0.1, 0.15) is 0 Å². The van der Waals surface area contributed by atoms with E-state index in [1.807, 2.05) is 11.3 Å². The zero-order valence-corrected chi connectivity index (χ0v) is 11.1. The van der Waals surface area contributed by atoms with Crippen molar-refractivity contribution < 1.29 is 0 Å². The third kappa shape index (κ3) is 1.63. The molecule has 3 rings (SSSR count). The average molecular weight is 235 g/mol. The first kappa shape index (κ1) is 10.8. The fraction of sp³-hybridized carbons (Fsp3) is 0.714. The zero-order valence-electron chi connectivity index (χ0n) is 10.3. The van der Waals surface area contributed by atoms with E-state index >= 15 is 0 Å². The van der Waals surface area contributed by atoms with Gasteiger partial charge in [-0.2, -0.15) is 0 Å². The lowest BCUT2D eigenvalue weighted by atomic mass is 9.65. The van der Waals surface area contributed by atoms with Gasteiger partial charge < -0.3 is 5.32 Å². The predicted octanol–water partition coefficient (Wildman–Crippen LogP) is 3.69. The van der Waals surface area contributed by atoms with E-state index < -0.39 is 0 Å². The molecule has 1 aromatic heterocycles. The number of nitrogens with one attached hydrogen (secondary N) is 1. The fourth-order valence-corrected chi connectivity index (χ4v) is 4.69. The SMILES string of the molecule is CC1(C)CCCC2(C1)NCCc1sccc12. The molecule has 2 heterocycles. The Morgan fingerprint density at radius 1 is 1.31 bits per heavy atom. The lowest BCUT2D eigenvalue weighted by Gasteiger charge is -2.48. The summed E-state index contributed by atoms with van der Waals surface area (Å²) in [6, 6.07) is 2.37. The molecule has 88 valence electrons. The first-order valence-corrected chi connectivity index (χ1v) is 7.31. The smallest absolute Gasteiger partial charge is 0.0450 e. The maximum absolute atomic E-state index is 3.84. The zero-order chi connectivity index (χ0) is 11.2. The topological polar surface area (TPSA) is 12.0 Å². The third-order valence-corrected chi connectivity index (χ3v) is 5.29. The van der Waals surface area contributed by atoms with Crippen LogP contribution in [0.5, 0.6) is 0 Å². The molecule has 16 heavy (non-hydrogen) atoms. The summed E-state index contributed by atoms with van der Waals surface area (Å²) in [6.45, 7) is 6.02. The molecule has 1 aliphatic heterocycles. The van der Waals surface area contributed by atoms with Crippen LogP contribution in [0.3, 0.4) is 0 Å². The van der Waals surface area contributed by atoms with Crippen LogP contribution in [-0.2, 0) is 12.0 Å². The first-order chi connectivity index (χ1) is 7.61. The summed E-state index contributed by atoms with van der Waals surface area (Å²) < 4.78 is 0. The number of fused-ring (bicyclic) bond motifs is 2. The van der Waals surface area contributed by atoms with Crippen LogP contribution in [0.25, 0.3) is 0 Å². The average Bonchev–Trinajstić information content (AvgIpc) is 2.65. The van der Waals surface area contributed by atoms with Crippen LogP contribution in [0, 0.1) is 5.41 Å². The highest BCUT2D eigenvalue weighted by molar-refractivity contribution is 7.10. The van der Waals surface area contributed by atoms with E-state index in [9.17, 15) is 0 Å². The van der Waals surface area contributed by atoms with Crippen LogP contribution < -0.4 is 5.32 Å². The van der Waals surface area contributed by atoms with Crippen LogP contribution >= 0.6 is 11.3 Å². The van der Waals surface area contributed by atoms with Gasteiger partial charge in [-0.1, -0.05) is 20.3 Å². The maximum atomic E-state index is 3.84. The summed E-state index contributed by atoms with van der Waals surface area (Å²) in [6.07, 6.45) is 6.63. The number of rotatable bonds is 0. The van der Waals surface area contributed by atoms with Gasteiger partial charge in [0.2, 0.25) is 0 Å². The molecular formula is C14H21NS. The monoisotopic (exact) mass is 235 g/mol. The van der Waals surface area contributed by atoms with Crippen molar-refractivity contribution >= 4 is 11.3 Å². The van der Waals surface area contributed by atoms with Crippen molar-refractivity contribution in [3.63, 3.8) is 0 Å². The molecular weight excluding hydrogens is 214 g/mol.